The third kappa shape index (κ3) is 1.42. The lowest BCUT2D eigenvalue weighted by molar-refractivity contribution is -0.140. The minimum absolute atomic E-state index is 0.486. The monoisotopic (exact) mass is 153 g/mol. The molecular formula is C8H11NO2. The smallest absolute Gasteiger partial charge is 0.330 e. The van der Waals surface area contributed by atoms with Crippen LogP contribution in [0.2, 0.25) is 0 Å². The summed E-state index contributed by atoms with van der Waals surface area (Å²) in [6, 6.07) is -0.486. The minimum atomic E-state index is -0.800. The first kappa shape index (κ1) is 7.85. The molecule has 0 fully saturated rings. The number of hydrogen-bond acceptors (Lipinski definition) is 2. The van der Waals surface area contributed by atoms with Crippen LogP contribution in [-0.2, 0) is 4.79 Å². The second-order valence-electron chi connectivity index (χ2n) is 2.66. The lowest BCUT2D eigenvalue weighted by atomic mass is 10.1. The molecule has 0 saturated heterocycles. The molecule has 3 heteroatoms. The molecule has 1 heterocycles. The number of likely N-dealkylation sites (N-methyl/N-ethyl adjacent to an activating group) is 1. The predicted molar refractivity (Wildman–Crippen MR) is 42.1 cm³/mol. The summed E-state index contributed by atoms with van der Waals surface area (Å²) in [6.45, 7) is 1.82. The Morgan fingerprint density at radius 1 is 1.73 bits per heavy atom. The molecule has 60 valence electrons. The van der Waals surface area contributed by atoms with Crippen LogP contribution in [0.1, 0.15) is 6.92 Å². The van der Waals surface area contributed by atoms with Crippen LogP contribution in [0.25, 0.3) is 0 Å². The number of allylic oxidation sites excluding steroid dienone is 2. The zero-order valence-electron chi connectivity index (χ0n) is 6.61. The molecule has 1 atom stereocenters. The van der Waals surface area contributed by atoms with Crippen molar-refractivity contribution in [3.8, 4) is 0 Å². The summed E-state index contributed by atoms with van der Waals surface area (Å²) in [7, 11) is 1.76. The van der Waals surface area contributed by atoms with Gasteiger partial charge in [0.05, 0.1) is 0 Å². The second-order valence-corrected chi connectivity index (χ2v) is 2.66. The Labute approximate surface area is 65.6 Å². The molecule has 1 N–H and O–H groups in total. The van der Waals surface area contributed by atoms with Crippen molar-refractivity contribution in [1.29, 1.82) is 0 Å². The fraction of sp³-hybridized carbons (Fsp3) is 0.375. The third-order valence-electron chi connectivity index (χ3n) is 1.75. The van der Waals surface area contributed by atoms with Crippen LogP contribution < -0.4 is 0 Å². The highest BCUT2D eigenvalue weighted by molar-refractivity contribution is 5.78. The number of hydrogen-bond donors (Lipinski definition) is 1. The van der Waals surface area contributed by atoms with Crippen LogP contribution in [0, 0.1) is 0 Å². The molecule has 0 radical (unpaired) electrons. The lowest BCUT2D eigenvalue weighted by Gasteiger charge is -2.26. The zero-order valence-corrected chi connectivity index (χ0v) is 6.61. The summed E-state index contributed by atoms with van der Waals surface area (Å²) in [6.07, 6.45) is 5.42. The van der Waals surface area contributed by atoms with Crippen molar-refractivity contribution in [2.75, 3.05) is 7.05 Å². The van der Waals surface area contributed by atoms with Crippen LogP contribution >= 0.6 is 0 Å². The lowest BCUT2D eigenvalue weighted by Crippen LogP contribution is -2.37. The zero-order chi connectivity index (χ0) is 8.43. The van der Waals surface area contributed by atoms with E-state index in [0.29, 0.717) is 0 Å². The molecule has 0 aromatic rings. The van der Waals surface area contributed by atoms with Crippen LogP contribution in [0.4, 0.5) is 0 Å². The summed E-state index contributed by atoms with van der Waals surface area (Å²) >= 11 is 0. The highest BCUT2D eigenvalue weighted by atomic mass is 16.4. The largest absolute Gasteiger partial charge is 0.479 e. The Hall–Kier alpha value is -1.25. The molecule has 11 heavy (non-hydrogen) atoms. The van der Waals surface area contributed by atoms with E-state index in [9.17, 15) is 4.79 Å². The van der Waals surface area contributed by atoms with Crippen LogP contribution in [0.5, 0.6) is 0 Å². The number of carbonyl (C=O) groups is 1. The summed E-state index contributed by atoms with van der Waals surface area (Å²) in [5.74, 6) is -0.800. The summed E-state index contributed by atoms with van der Waals surface area (Å²) in [5.41, 5.74) is 0.863. The molecule has 0 spiro atoms. The molecule has 1 aliphatic heterocycles. The summed E-state index contributed by atoms with van der Waals surface area (Å²) in [4.78, 5) is 12.3. The average molecular weight is 153 g/mol. The molecule has 1 rings (SSSR count). The summed E-state index contributed by atoms with van der Waals surface area (Å²) in [5, 5.41) is 8.76. The Bertz CT molecular complexity index is 230. The standard InChI is InChI=1S/C8H11NO2/c1-6-4-3-5-9(2)7(6)8(10)11/h3-5,7H,1-2H3,(H,10,11). The van der Waals surface area contributed by atoms with E-state index in [2.05, 4.69) is 0 Å². The number of aliphatic carboxylic acids is 1. The van der Waals surface area contributed by atoms with Gasteiger partial charge >= 0.3 is 5.97 Å². The van der Waals surface area contributed by atoms with Gasteiger partial charge in [-0.1, -0.05) is 6.08 Å². The van der Waals surface area contributed by atoms with E-state index in [1.54, 1.807) is 18.1 Å². The highest BCUT2D eigenvalue weighted by Crippen LogP contribution is 2.13. The maximum absolute atomic E-state index is 10.7. The van der Waals surface area contributed by atoms with Gasteiger partial charge in [0.2, 0.25) is 0 Å². The number of carboxylic acid groups (broad SMARTS) is 1. The second kappa shape index (κ2) is 2.78. The average Bonchev–Trinajstić information content (AvgIpc) is 1.85. The Morgan fingerprint density at radius 3 is 2.73 bits per heavy atom. The molecular weight excluding hydrogens is 142 g/mol. The van der Waals surface area contributed by atoms with E-state index in [1.165, 1.54) is 0 Å². The van der Waals surface area contributed by atoms with Crippen molar-refractivity contribution in [3.05, 3.63) is 23.9 Å². The Balaban J connectivity index is 2.86. The first-order chi connectivity index (χ1) is 5.13. The summed E-state index contributed by atoms with van der Waals surface area (Å²) < 4.78 is 0. The van der Waals surface area contributed by atoms with Crippen molar-refractivity contribution in [3.63, 3.8) is 0 Å². The van der Waals surface area contributed by atoms with Gasteiger partial charge in [-0.05, 0) is 24.8 Å². The van der Waals surface area contributed by atoms with E-state index in [-0.39, 0.29) is 0 Å². The number of nitrogens with zero attached hydrogens (tertiary/aromatic N) is 1. The molecule has 0 aliphatic carbocycles. The first-order valence-corrected chi connectivity index (χ1v) is 3.42. The maximum Gasteiger partial charge on any atom is 0.330 e. The molecule has 1 aliphatic rings. The molecule has 0 bridgehead atoms. The quantitative estimate of drug-likeness (QED) is 0.607. The normalized spacial score (nSPS) is 23.3. The van der Waals surface area contributed by atoms with E-state index >= 15 is 0 Å². The highest BCUT2D eigenvalue weighted by Gasteiger charge is 2.23. The van der Waals surface area contributed by atoms with Gasteiger partial charge < -0.3 is 10.0 Å². The van der Waals surface area contributed by atoms with Crippen LogP contribution in [-0.4, -0.2) is 29.1 Å². The first-order valence-electron chi connectivity index (χ1n) is 3.42. The van der Waals surface area contributed by atoms with Crippen molar-refractivity contribution >= 4 is 5.97 Å². The SMILES string of the molecule is CC1=CC=CN(C)C1C(=O)O. The van der Waals surface area contributed by atoms with E-state index in [0.717, 1.165) is 5.57 Å². The van der Waals surface area contributed by atoms with E-state index < -0.39 is 12.0 Å². The molecule has 0 aromatic heterocycles. The van der Waals surface area contributed by atoms with Gasteiger partial charge in [0, 0.05) is 7.05 Å². The topological polar surface area (TPSA) is 40.5 Å². The molecule has 3 nitrogen and oxygen atoms in total. The molecule has 0 amide bonds. The predicted octanol–water partition coefficient (Wildman–Crippen LogP) is 0.845. The van der Waals surface area contributed by atoms with Crippen LogP contribution in [0.15, 0.2) is 23.9 Å². The van der Waals surface area contributed by atoms with Gasteiger partial charge in [-0.15, -0.1) is 0 Å². The minimum Gasteiger partial charge on any atom is -0.479 e. The number of carboxylic acids is 1. The van der Waals surface area contributed by atoms with Gasteiger partial charge in [-0.25, -0.2) is 4.79 Å². The van der Waals surface area contributed by atoms with Gasteiger partial charge in [-0.2, -0.15) is 0 Å². The van der Waals surface area contributed by atoms with Gasteiger partial charge in [0.25, 0.3) is 0 Å². The van der Waals surface area contributed by atoms with E-state index in [4.69, 9.17) is 5.11 Å². The third-order valence-corrected chi connectivity index (χ3v) is 1.75. The fourth-order valence-corrected chi connectivity index (χ4v) is 1.20. The van der Waals surface area contributed by atoms with Gasteiger partial charge in [-0.3, -0.25) is 0 Å². The molecule has 0 saturated carbocycles. The van der Waals surface area contributed by atoms with Crippen molar-refractivity contribution in [2.45, 2.75) is 13.0 Å². The molecule has 0 aromatic carbocycles. The Kier molecular flexibility index (Phi) is 1.98. The Morgan fingerprint density at radius 2 is 2.36 bits per heavy atom. The van der Waals surface area contributed by atoms with Crippen molar-refractivity contribution in [2.24, 2.45) is 0 Å². The number of rotatable bonds is 1. The van der Waals surface area contributed by atoms with Crippen molar-refractivity contribution < 1.29 is 9.90 Å². The molecule has 1 unspecified atom stereocenters. The van der Waals surface area contributed by atoms with Gasteiger partial charge in [0.1, 0.15) is 6.04 Å². The maximum atomic E-state index is 10.7. The van der Waals surface area contributed by atoms with Crippen molar-refractivity contribution in [1.82, 2.24) is 4.90 Å². The van der Waals surface area contributed by atoms with Crippen LogP contribution in [0.3, 0.4) is 0 Å². The van der Waals surface area contributed by atoms with E-state index in [1.807, 2.05) is 19.1 Å². The fourth-order valence-electron chi connectivity index (χ4n) is 1.20. The van der Waals surface area contributed by atoms with Gasteiger partial charge in [0.15, 0.2) is 0 Å².